The molecule has 0 bridgehead atoms. The summed E-state index contributed by atoms with van der Waals surface area (Å²) >= 11 is 0.791. The number of thioether (sulfide) groups is 1. The molecular weight excluding hydrogens is 510 g/mol. The van der Waals surface area contributed by atoms with E-state index in [-0.39, 0.29) is 33.4 Å². The van der Waals surface area contributed by atoms with Crippen molar-refractivity contribution in [3.8, 4) is 11.5 Å². The molecule has 9 heteroatoms. The molecule has 0 atom stereocenters. The van der Waals surface area contributed by atoms with Gasteiger partial charge < -0.3 is 8.92 Å². The first-order valence-electron chi connectivity index (χ1n) is 11.3. The molecule has 0 aliphatic carbocycles. The van der Waals surface area contributed by atoms with E-state index in [1.165, 1.54) is 30.2 Å². The van der Waals surface area contributed by atoms with Crippen LogP contribution < -0.4 is 8.92 Å². The maximum absolute atomic E-state index is 13.3. The highest BCUT2D eigenvalue weighted by atomic mass is 32.2. The van der Waals surface area contributed by atoms with Crippen LogP contribution in [-0.4, -0.2) is 31.6 Å². The van der Waals surface area contributed by atoms with Crippen LogP contribution >= 0.6 is 11.8 Å². The van der Waals surface area contributed by atoms with E-state index in [0.29, 0.717) is 0 Å². The lowest BCUT2D eigenvalue weighted by Crippen LogP contribution is -2.27. The Morgan fingerprint density at radius 1 is 0.865 bits per heavy atom. The van der Waals surface area contributed by atoms with Gasteiger partial charge in [0.25, 0.3) is 11.1 Å². The number of nitrogens with zero attached hydrogens (tertiary/aromatic N) is 1. The molecule has 2 amide bonds. The van der Waals surface area contributed by atoms with Crippen molar-refractivity contribution in [1.82, 2.24) is 4.90 Å². The molecular formula is C28H21NO6S2. The Morgan fingerprint density at radius 3 is 2.35 bits per heavy atom. The molecule has 4 aromatic carbocycles. The molecule has 0 unspecified atom stereocenters. The third-order valence-corrected chi connectivity index (χ3v) is 7.97. The van der Waals surface area contributed by atoms with Gasteiger partial charge in [0.1, 0.15) is 4.90 Å². The predicted octanol–water partition coefficient (Wildman–Crippen LogP) is 5.85. The van der Waals surface area contributed by atoms with Gasteiger partial charge in [-0.2, -0.15) is 8.42 Å². The number of hydrogen-bond acceptors (Lipinski definition) is 7. The third kappa shape index (κ3) is 4.96. The number of methoxy groups -OCH3 is 1. The van der Waals surface area contributed by atoms with Gasteiger partial charge in [0, 0.05) is 5.56 Å². The zero-order valence-corrected chi connectivity index (χ0v) is 21.3. The van der Waals surface area contributed by atoms with Crippen LogP contribution in [0.5, 0.6) is 11.5 Å². The van der Waals surface area contributed by atoms with Crippen molar-refractivity contribution in [2.75, 3.05) is 7.11 Å². The van der Waals surface area contributed by atoms with Crippen molar-refractivity contribution in [3.63, 3.8) is 0 Å². The number of amides is 2. The number of ether oxygens (including phenoxy) is 1. The molecule has 1 heterocycles. The van der Waals surface area contributed by atoms with Crippen LogP contribution in [0.1, 0.15) is 11.1 Å². The summed E-state index contributed by atoms with van der Waals surface area (Å²) in [5.74, 6) is -0.374. The van der Waals surface area contributed by atoms with E-state index in [1.54, 1.807) is 36.4 Å². The van der Waals surface area contributed by atoms with Gasteiger partial charge in [-0.1, -0.05) is 72.8 Å². The number of imide groups is 1. The van der Waals surface area contributed by atoms with E-state index in [4.69, 9.17) is 8.92 Å². The van der Waals surface area contributed by atoms with E-state index in [2.05, 4.69) is 0 Å². The van der Waals surface area contributed by atoms with Gasteiger partial charge in [0.05, 0.1) is 18.6 Å². The van der Waals surface area contributed by atoms with Crippen LogP contribution in [0, 0.1) is 0 Å². The second kappa shape index (κ2) is 10.1. The van der Waals surface area contributed by atoms with Crippen LogP contribution in [0.3, 0.4) is 0 Å². The lowest BCUT2D eigenvalue weighted by atomic mass is 10.0. The summed E-state index contributed by atoms with van der Waals surface area (Å²) in [4.78, 5) is 27.4. The fourth-order valence-electron chi connectivity index (χ4n) is 4.02. The molecule has 4 aromatic rings. The minimum atomic E-state index is -4.18. The zero-order valence-electron chi connectivity index (χ0n) is 19.7. The molecule has 0 spiro atoms. The van der Waals surface area contributed by atoms with Crippen LogP contribution in [0.25, 0.3) is 16.8 Å². The van der Waals surface area contributed by atoms with E-state index in [9.17, 15) is 18.0 Å². The summed E-state index contributed by atoms with van der Waals surface area (Å²) < 4.78 is 36.6. The lowest BCUT2D eigenvalue weighted by Gasteiger charge is -2.15. The monoisotopic (exact) mass is 531 g/mol. The van der Waals surface area contributed by atoms with Crippen LogP contribution in [-0.2, 0) is 21.5 Å². The quantitative estimate of drug-likeness (QED) is 0.218. The first kappa shape index (κ1) is 24.6. The fraction of sp³-hybridized carbons (Fsp3) is 0.0714. The van der Waals surface area contributed by atoms with Crippen molar-refractivity contribution in [2.24, 2.45) is 0 Å². The Balaban J connectivity index is 1.47. The number of rotatable bonds is 7. The normalized spacial score (nSPS) is 14.9. The maximum Gasteiger partial charge on any atom is 0.339 e. The van der Waals surface area contributed by atoms with Crippen molar-refractivity contribution < 1.29 is 26.9 Å². The molecule has 37 heavy (non-hydrogen) atoms. The van der Waals surface area contributed by atoms with Gasteiger partial charge in [-0.3, -0.25) is 14.5 Å². The molecule has 1 aliphatic rings. The van der Waals surface area contributed by atoms with Crippen molar-refractivity contribution in [1.29, 1.82) is 0 Å². The Bertz CT molecular complexity index is 1640. The highest BCUT2D eigenvalue weighted by Crippen LogP contribution is 2.39. The minimum Gasteiger partial charge on any atom is -0.493 e. The smallest absolute Gasteiger partial charge is 0.339 e. The molecule has 1 aliphatic heterocycles. The molecule has 0 N–H and O–H groups in total. The number of carbonyl (C=O) groups excluding carboxylic acids is 2. The lowest BCUT2D eigenvalue weighted by molar-refractivity contribution is -0.123. The highest BCUT2D eigenvalue weighted by molar-refractivity contribution is 8.18. The molecule has 7 nitrogen and oxygen atoms in total. The molecule has 1 saturated heterocycles. The second-order valence-corrected chi connectivity index (χ2v) is 10.7. The van der Waals surface area contributed by atoms with E-state index in [1.807, 2.05) is 42.5 Å². The Hall–Kier alpha value is -4.08. The summed E-state index contributed by atoms with van der Waals surface area (Å²) in [7, 11) is -2.79. The Kier molecular flexibility index (Phi) is 6.73. The molecule has 5 rings (SSSR count). The fourth-order valence-corrected chi connectivity index (χ4v) is 5.83. The standard InChI is InChI=1S/C28H21NO6S2/c1-34-24-16-8-11-20(26(24)35-37(32,33)22-13-3-2-4-14-22)17-25-27(30)29(28(31)36-25)18-21-12-7-10-19-9-5-6-15-23(19)21/h2-17H,18H2,1H3/b25-17-. The minimum absolute atomic E-state index is 0.0257. The molecule has 0 aromatic heterocycles. The van der Waals surface area contributed by atoms with Crippen LogP contribution in [0.4, 0.5) is 4.79 Å². The Labute approximate surface area is 218 Å². The van der Waals surface area contributed by atoms with E-state index < -0.39 is 21.3 Å². The van der Waals surface area contributed by atoms with Gasteiger partial charge in [-0.25, -0.2) is 0 Å². The maximum atomic E-state index is 13.3. The largest absolute Gasteiger partial charge is 0.493 e. The topological polar surface area (TPSA) is 90.0 Å². The third-order valence-electron chi connectivity index (χ3n) is 5.82. The number of hydrogen-bond donors (Lipinski definition) is 0. The SMILES string of the molecule is COc1cccc(/C=C2\SC(=O)N(Cc3cccc4ccccc34)C2=O)c1OS(=O)(=O)c1ccccc1. The van der Waals surface area contributed by atoms with Gasteiger partial charge in [-0.15, -0.1) is 0 Å². The number of para-hydroxylation sites is 1. The number of benzene rings is 4. The zero-order chi connectivity index (χ0) is 26.0. The Morgan fingerprint density at radius 2 is 1.57 bits per heavy atom. The van der Waals surface area contributed by atoms with Crippen LogP contribution in [0.15, 0.2) is 101 Å². The van der Waals surface area contributed by atoms with E-state index >= 15 is 0 Å². The number of carbonyl (C=O) groups is 2. The average Bonchev–Trinajstić information content (AvgIpc) is 3.17. The molecule has 0 radical (unpaired) electrons. The second-order valence-electron chi connectivity index (χ2n) is 8.14. The van der Waals surface area contributed by atoms with Crippen molar-refractivity contribution >= 4 is 49.9 Å². The van der Waals surface area contributed by atoms with Gasteiger partial charge in [0.2, 0.25) is 0 Å². The summed E-state index contributed by atoms with van der Waals surface area (Å²) in [6, 6.07) is 26.0. The highest BCUT2D eigenvalue weighted by Gasteiger charge is 2.35. The van der Waals surface area contributed by atoms with Gasteiger partial charge >= 0.3 is 10.1 Å². The molecule has 0 saturated carbocycles. The van der Waals surface area contributed by atoms with Crippen molar-refractivity contribution in [3.05, 3.63) is 107 Å². The average molecular weight is 532 g/mol. The van der Waals surface area contributed by atoms with E-state index in [0.717, 1.165) is 28.1 Å². The first-order valence-corrected chi connectivity index (χ1v) is 13.5. The van der Waals surface area contributed by atoms with Gasteiger partial charge in [-0.05, 0) is 52.4 Å². The summed E-state index contributed by atoms with van der Waals surface area (Å²) in [6.45, 7) is 0.118. The first-order chi connectivity index (χ1) is 17.9. The van der Waals surface area contributed by atoms with Gasteiger partial charge in [0.15, 0.2) is 11.5 Å². The van der Waals surface area contributed by atoms with Crippen molar-refractivity contribution in [2.45, 2.75) is 11.4 Å². The van der Waals surface area contributed by atoms with Crippen LogP contribution in [0.2, 0.25) is 0 Å². The molecule has 1 fully saturated rings. The molecule has 186 valence electrons. The summed E-state index contributed by atoms with van der Waals surface area (Å²) in [5, 5.41) is 1.56. The number of fused-ring (bicyclic) bond motifs is 1. The summed E-state index contributed by atoms with van der Waals surface area (Å²) in [5.41, 5.74) is 1.13. The predicted molar refractivity (Wildman–Crippen MR) is 143 cm³/mol. The summed E-state index contributed by atoms with van der Waals surface area (Å²) in [6.07, 6.45) is 1.45.